The van der Waals surface area contributed by atoms with Gasteiger partial charge in [-0.15, -0.1) is 0 Å². The van der Waals surface area contributed by atoms with Crippen LogP contribution in [0.3, 0.4) is 0 Å². The molecular formula is C12H19NaO3S. The van der Waals surface area contributed by atoms with Crippen LogP contribution in [0.4, 0.5) is 0 Å². The van der Waals surface area contributed by atoms with Crippen LogP contribution in [0.25, 0.3) is 0 Å². The van der Waals surface area contributed by atoms with E-state index in [1.807, 2.05) is 0 Å². The number of hydrogen-bond donors (Lipinski definition) is 0. The molecule has 0 aliphatic carbocycles. The van der Waals surface area contributed by atoms with Gasteiger partial charge >= 0.3 is 29.6 Å². The van der Waals surface area contributed by atoms with Gasteiger partial charge in [-0.1, -0.05) is 44.4 Å². The van der Waals surface area contributed by atoms with Crippen molar-refractivity contribution in [1.29, 1.82) is 0 Å². The molecule has 0 bridgehead atoms. The van der Waals surface area contributed by atoms with Gasteiger partial charge in [-0.2, -0.15) is 8.42 Å². The van der Waals surface area contributed by atoms with Crippen molar-refractivity contribution in [3.8, 4) is 0 Å². The Hall–Kier alpha value is 0.130. The number of hydrogen-bond acceptors (Lipinski definition) is 3. The zero-order valence-corrected chi connectivity index (χ0v) is 10.4. The molecule has 0 unspecified atom stereocenters. The SMILES string of the molecule is CCCCCCOS(=O)(=O)c1ccccc1.[NaH]. The van der Waals surface area contributed by atoms with E-state index in [0.717, 1.165) is 25.7 Å². The summed E-state index contributed by atoms with van der Waals surface area (Å²) in [6.07, 6.45) is 4.06. The molecule has 1 aromatic rings. The molecule has 0 saturated carbocycles. The van der Waals surface area contributed by atoms with Crippen molar-refractivity contribution in [3.63, 3.8) is 0 Å². The Kier molecular flexibility index (Phi) is 9.18. The zero-order chi connectivity index (χ0) is 11.9. The molecule has 0 saturated heterocycles. The summed E-state index contributed by atoms with van der Waals surface area (Å²) in [7, 11) is -3.55. The quantitative estimate of drug-likeness (QED) is 0.432. The monoisotopic (exact) mass is 266 g/mol. The second-order valence-corrected chi connectivity index (χ2v) is 5.27. The molecule has 1 aromatic carbocycles. The summed E-state index contributed by atoms with van der Waals surface area (Å²) in [5.74, 6) is 0. The van der Waals surface area contributed by atoms with Gasteiger partial charge in [-0.3, -0.25) is 4.18 Å². The van der Waals surface area contributed by atoms with Crippen LogP contribution >= 0.6 is 0 Å². The van der Waals surface area contributed by atoms with Crippen LogP contribution in [0.1, 0.15) is 32.6 Å². The molecule has 3 nitrogen and oxygen atoms in total. The van der Waals surface area contributed by atoms with Crippen molar-refractivity contribution in [2.24, 2.45) is 0 Å². The summed E-state index contributed by atoms with van der Waals surface area (Å²) in [6.45, 7) is 2.39. The van der Waals surface area contributed by atoms with Gasteiger partial charge in [0.05, 0.1) is 11.5 Å². The summed E-state index contributed by atoms with van der Waals surface area (Å²) in [5.41, 5.74) is 0. The molecule has 0 amide bonds. The first kappa shape index (κ1) is 17.1. The minimum absolute atomic E-state index is 0. The van der Waals surface area contributed by atoms with Gasteiger partial charge in [0, 0.05) is 0 Å². The Morgan fingerprint density at radius 2 is 1.71 bits per heavy atom. The Morgan fingerprint density at radius 3 is 2.29 bits per heavy atom. The van der Waals surface area contributed by atoms with Gasteiger partial charge in [0.1, 0.15) is 0 Å². The molecule has 0 atom stereocenters. The van der Waals surface area contributed by atoms with E-state index in [4.69, 9.17) is 4.18 Å². The first-order valence-electron chi connectivity index (χ1n) is 5.61. The molecule has 5 heteroatoms. The molecule has 0 spiro atoms. The average Bonchev–Trinajstić information content (AvgIpc) is 2.30. The van der Waals surface area contributed by atoms with Crippen molar-refractivity contribution in [2.75, 3.05) is 6.61 Å². The van der Waals surface area contributed by atoms with Gasteiger partial charge in [-0.25, -0.2) is 0 Å². The van der Waals surface area contributed by atoms with Gasteiger partial charge in [0.2, 0.25) is 0 Å². The second-order valence-electron chi connectivity index (χ2n) is 3.65. The standard InChI is InChI=1S/C12H18O3S.Na.H/c1-2-3-4-8-11-15-16(13,14)12-9-6-5-7-10-12;;/h5-7,9-10H,2-4,8,11H2,1H3;;. The number of benzene rings is 1. The molecule has 0 fully saturated rings. The Labute approximate surface area is 126 Å². The zero-order valence-electron chi connectivity index (χ0n) is 9.56. The predicted molar refractivity (Wildman–Crippen MR) is 70.9 cm³/mol. The molecular weight excluding hydrogens is 247 g/mol. The summed E-state index contributed by atoms with van der Waals surface area (Å²) >= 11 is 0. The van der Waals surface area contributed by atoms with E-state index >= 15 is 0 Å². The first-order valence-corrected chi connectivity index (χ1v) is 7.02. The van der Waals surface area contributed by atoms with Crippen molar-refractivity contribution in [2.45, 2.75) is 37.5 Å². The van der Waals surface area contributed by atoms with E-state index < -0.39 is 10.1 Å². The van der Waals surface area contributed by atoms with E-state index in [2.05, 4.69) is 6.92 Å². The minimum atomic E-state index is -3.55. The molecule has 0 aromatic heterocycles. The van der Waals surface area contributed by atoms with E-state index in [0.29, 0.717) is 0 Å². The Bertz CT molecular complexity index is 389. The normalized spacial score (nSPS) is 10.9. The van der Waals surface area contributed by atoms with Gasteiger partial charge in [0.25, 0.3) is 10.1 Å². The van der Waals surface area contributed by atoms with E-state index in [9.17, 15) is 8.42 Å². The third kappa shape index (κ3) is 6.58. The predicted octanol–water partition coefficient (Wildman–Crippen LogP) is 2.32. The molecule has 17 heavy (non-hydrogen) atoms. The third-order valence-corrected chi connectivity index (χ3v) is 3.59. The van der Waals surface area contributed by atoms with Gasteiger partial charge < -0.3 is 0 Å². The van der Waals surface area contributed by atoms with Crippen LogP contribution in [0.5, 0.6) is 0 Å². The maximum absolute atomic E-state index is 11.6. The number of rotatable bonds is 7. The van der Waals surface area contributed by atoms with Crippen molar-refractivity contribution < 1.29 is 12.6 Å². The van der Waals surface area contributed by atoms with Gasteiger partial charge in [0.15, 0.2) is 0 Å². The Morgan fingerprint density at radius 1 is 1.06 bits per heavy atom. The van der Waals surface area contributed by atoms with Crippen LogP contribution < -0.4 is 0 Å². The third-order valence-electron chi connectivity index (χ3n) is 2.27. The average molecular weight is 266 g/mol. The van der Waals surface area contributed by atoms with E-state index in [1.165, 1.54) is 0 Å². The summed E-state index contributed by atoms with van der Waals surface area (Å²) in [4.78, 5) is 0.227. The van der Waals surface area contributed by atoms with Gasteiger partial charge in [-0.05, 0) is 18.6 Å². The molecule has 0 heterocycles. The Balaban J connectivity index is 0.00000256. The molecule has 92 valence electrons. The first-order chi connectivity index (χ1) is 7.67. The molecule has 0 aliphatic heterocycles. The fourth-order valence-electron chi connectivity index (χ4n) is 1.35. The van der Waals surface area contributed by atoms with Crippen LogP contribution in [0.15, 0.2) is 35.2 Å². The number of unbranched alkanes of at least 4 members (excludes halogenated alkanes) is 3. The molecule has 0 N–H and O–H groups in total. The van der Waals surface area contributed by atoms with Crippen molar-refractivity contribution >= 4 is 39.7 Å². The molecule has 1 rings (SSSR count). The summed E-state index contributed by atoms with van der Waals surface area (Å²) in [5, 5.41) is 0. The molecule has 0 radical (unpaired) electrons. The van der Waals surface area contributed by atoms with Crippen LogP contribution in [-0.2, 0) is 14.3 Å². The van der Waals surface area contributed by atoms with Crippen LogP contribution in [0.2, 0.25) is 0 Å². The second kappa shape index (κ2) is 9.11. The van der Waals surface area contributed by atoms with Crippen LogP contribution in [-0.4, -0.2) is 44.6 Å². The summed E-state index contributed by atoms with van der Waals surface area (Å²) in [6, 6.07) is 8.24. The van der Waals surface area contributed by atoms with E-state index in [-0.39, 0.29) is 41.1 Å². The topological polar surface area (TPSA) is 43.4 Å². The summed E-state index contributed by atoms with van der Waals surface area (Å²) < 4.78 is 28.2. The fourth-order valence-corrected chi connectivity index (χ4v) is 2.32. The molecule has 0 aliphatic rings. The van der Waals surface area contributed by atoms with Crippen molar-refractivity contribution in [3.05, 3.63) is 30.3 Å². The maximum atomic E-state index is 11.6. The van der Waals surface area contributed by atoms with Crippen LogP contribution in [0, 0.1) is 0 Å². The van der Waals surface area contributed by atoms with E-state index in [1.54, 1.807) is 30.3 Å². The van der Waals surface area contributed by atoms with Crippen molar-refractivity contribution in [1.82, 2.24) is 0 Å². The fraction of sp³-hybridized carbons (Fsp3) is 0.500.